The molecule has 1 atom stereocenters. The number of benzene rings is 1. The molecule has 0 aliphatic carbocycles. The summed E-state index contributed by atoms with van der Waals surface area (Å²) < 4.78 is 37.3. The molecule has 1 aliphatic rings. The van der Waals surface area contributed by atoms with Crippen LogP contribution >= 0.6 is 24.0 Å². The zero-order valence-corrected chi connectivity index (χ0v) is 16.2. The highest BCUT2D eigenvalue weighted by molar-refractivity contribution is 14.0. The van der Waals surface area contributed by atoms with E-state index in [-0.39, 0.29) is 30.0 Å². The minimum atomic E-state index is -4.14. The number of rotatable bonds is 4. The lowest BCUT2D eigenvalue weighted by molar-refractivity contribution is -0.143. The molecular weight excluding hydrogens is 432 g/mol. The quantitative estimate of drug-likeness (QED) is 0.430. The van der Waals surface area contributed by atoms with Crippen molar-refractivity contribution in [2.75, 3.05) is 33.7 Å². The molecule has 2 rings (SSSR count). The fourth-order valence-electron chi connectivity index (χ4n) is 2.81. The van der Waals surface area contributed by atoms with Crippen molar-refractivity contribution < 1.29 is 13.2 Å². The highest BCUT2D eigenvalue weighted by atomic mass is 127. The SMILES string of the molecule is CN=C(NC1CCN(CC(F)(F)F)C1)N(C)Cc1ccccc1.I. The first-order valence-electron chi connectivity index (χ1n) is 7.65. The van der Waals surface area contributed by atoms with Crippen molar-refractivity contribution in [2.24, 2.45) is 4.99 Å². The zero-order chi connectivity index (χ0) is 16.9. The number of nitrogens with zero attached hydrogens (tertiary/aromatic N) is 3. The van der Waals surface area contributed by atoms with Crippen molar-refractivity contribution in [1.29, 1.82) is 0 Å². The zero-order valence-electron chi connectivity index (χ0n) is 13.9. The number of guanidine groups is 1. The van der Waals surface area contributed by atoms with E-state index in [1.807, 2.05) is 42.3 Å². The Bertz CT molecular complexity index is 522. The Morgan fingerprint density at radius 2 is 2.00 bits per heavy atom. The molecule has 24 heavy (non-hydrogen) atoms. The van der Waals surface area contributed by atoms with Gasteiger partial charge in [0.25, 0.3) is 0 Å². The summed E-state index contributed by atoms with van der Waals surface area (Å²) in [6, 6.07) is 9.98. The van der Waals surface area contributed by atoms with Crippen molar-refractivity contribution >= 4 is 29.9 Å². The van der Waals surface area contributed by atoms with Crippen LogP contribution in [0.15, 0.2) is 35.3 Å². The van der Waals surface area contributed by atoms with E-state index in [9.17, 15) is 13.2 Å². The molecule has 0 bridgehead atoms. The number of halogens is 4. The molecule has 4 nitrogen and oxygen atoms in total. The summed E-state index contributed by atoms with van der Waals surface area (Å²) in [5.74, 6) is 0.702. The van der Waals surface area contributed by atoms with Crippen molar-refractivity contribution in [3.63, 3.8) is 0 Å². The summed E-state index contributed by atoms with van der Waals surface area (Å²) in [6.45, 7) is 0.692. The summed E-state index contributed by atoms with van der Waals surface area (Å²) in [5.41, 5.74) is 1.16. The van der Waals surface area contributed by atoms with Crippen LogP contribution in [0.3, 0.4) is 0 Å². The number of hydrogen-bond acceptors (Lipinski definition) is 2. The third kappa shape index (κ3) is 6.84. The van der Waals surface area contributed by atoms with Crippen LogP contribution in [0.4, 0.5) is 13.2 Å². The second-order valence-corrected chi connectivity index (χ2v) is 5.87. The molecule has 0 aromatic heterocycles. The Morgan fingerprint density at radius 3 is 2.58 bits per heavy atom. The van der Waals surface area contributed by atoms with Crippen molar-refractivity contribution in [3.05, 3.63) is 35.9 Å². The minimum absolute atomic E-state index is 0. The van der Waals surface area contributed by atoms with Crippen LogP contribution in [0.25, 0.3) is 0 Å². The molecule has 1 fully saturated rings. The van der Waals surface area contributed by atoms with E-state index in [0.717, 1.165) is 5.56 Å². The van der Waals surface area contributed by atoms with Gasteiger partial charge in [0.15, 0.2) is 5.96 Å². The van der Waals surface area contributed by atoms with Gasteiger partial charge in [-0.05, 0) is 12.0 Å². The number of alkyl halides is 3. The lowest BCUT2D eigenvalue weighted by Gasteiger charge is -2.25. The molecule has 1 heterocycles. The van der Waals surface area contributed by atoms with Crippen molar-refractivity contribution in [1.82, 2.24) is 15.1 Å². The maximum absolute atomic E-state index is 12.4. The van der Waals surface area contributed by atoms with Gasteiger partial charge in [0.2, 0.25) is 0 Å². The molecule has 0 spiro atoms. The smallest absolute Gasteiger partial charge is 0.352 e. The van der Waals surface area contributed by atoms with Crippen LogP contribution in [-0.2, 0) is 6.54 Å². The first-order valence-corrected chi connectivity index (χ1v) is 7.65. The molecule has 8 heteroatoms. The van der Waals surface area contributed by atoms with Crippen molar-refractivity contribution in [3.8, 4) is 0 Å². The summed E-state index contributed by atoms with van der Waals surface area (Å²) >= 11 is 0. The van der Waals surface area contributed by atoms with Crippen LogP contribution in [0.5, 0.6) is 0 Å². The predicted molar refractivity (Wildman–Crippen MR) is 101 cm³/mol. The van der Waals surface area contributed by atoms with E-state index in [0.29, 0.717) is 32.0 Å². The minimum Gasteiger partial charge on any atom is -0.352 e. The van der Waals surface area contributed by atoms with E-state index in [1.54, 1.807) is 7.05 Å². The monoisotopic (exact) mass is 456 g/mol. The number of likely N-dealkylation sites (tertiary alicyclic amines) is 1. The Labute approximate surface area is 158 Å². The molecule has 0 radical (unpaired) electrons. The molecule has 1 saturated heterocycles. The molecule has 1 aromatic rings. The first-order chi connectivity index (χ1) is 10.9. The lowest BCUT2D eigenvalue weighted by Crippen LogP contribution is -2.45. The van der Waals surface area contributed by atoms with Gasteiger partial charge in [-0.25, -0.2) is 0 Å². The highest BCUT2D eigenvalue weighted by Gasteiger charge is 2.34. The van der Waals surface area contributed by atoms with E-state index >= 15 is 0 Å². The molecule has 1 aliphatic heterocycles. The summed E-state index contributed by atoms with van der Waals surface area (Å²) in [4.78, 5) is 7.64. The molecule has 1 unspecified atom stereocenters. The highest BCUT2D eigenvalue weighted by Crippen LogP contribution is 2.20. The normalized spacial score (nSPS) is 19.0. The second kappa shape index (κ2) is 9.45. The van der Waals surface area contributed by atoms with Gasteiger partial charge in [-0.3, -0.25) is 9.89 Å². The maximum atomic E-state index is 12.4. The first kappa shape index (κ1) is 21.0. The van der Waals surface area contributed by atoms with Crippen LogP contribution < -0.4 is 5.32 Å². The standard InChI is InChI=1S/C16H23F3N4.HI/c1-20-15(22(2)10-13-6-4-3-5-7-13)21-14-8-9-23(11-14)12-16(17,18)19;/h3-7,14H,8-12H2,1-2H3,(H,20,21);1H. The van der Waals surface area contributed by atoms with Gasteiger partial charge in [0, 0.05) is 39.8 Å². The van der Waals surface area contributed by atoms with Gasteiger partial charge >= 0.3 is 6.18 Å². The van der Waals surface area contributed by atoms with Gasteiger partial charge in [-0.15, -0.1) is 24.0 Å². The second-order valence-electron chi connectivity index (χ2n) is 5.87. The van der Waals surface area contributed by atoms with Gasteiger partial charge in [0.05, 0.1) is 6.54 Å². The molecule has 0 amide bonds. The number of nitrogens with one attached hydrogen (secondary N) is 1. The van der Waals surface area contributed by atoms with E-state index < -0.39 is 12.7 Å². The van der Waals surface area contributed by atoms with E-state index in [2.05, 4.69) is 10.3 Å². The van der Waals surface area contributed by atoms with Gasteiger partial charge in [-0.2, -0.15) is 13.2 Å². The summed E-state index contributed by atoms with van der Waals surface area (Å²) in [7, 11) is 3.61. The van der Waals surface area contributed by atoms with Crippen LogP contribution in [0.2, 0.25) is 0 Å². The molecular formula is C16H24F3IN4. The average molecular weight is 456 g/mol. The van der Waals surface area contributed by atoms with Crippen LogP contribution in [0.1, 0.15) is 12.0 Å². The fourth-order valence-corrected chi connectivity index (χ4v) is 2.81. The summed E-state index contributed by atoms with van der Waals surface area (Å²) in [6.07, 6.45) is -3.45. The Balaban J connectivity index is 0.00000288. The lowest BCUT2D eigenvalue weighted by atomic mass is 10.2. The molecule has 136 valence electrons. The maximum Gasteiger partial charge on any atom is 0.401 e. The summed E-state index contributed by atoms with van der Waals surface area (Å²) in [5, 5.41) is 3.27. The van der Waals surface area contributed by atoms with Gasteiger partial charge in [-0.1, -0.05) is 30.3 Å². The largest absolute Gasteiger partial charge is 0.401 e. The Hall–Kier alpha value is -1.03. The van der Waals surface area contributed by atoms with Crippen LogP contribution in [-0.4, -0.2) is 61.7 Å². The third-order valence-corrected chi connectivity index (χ3v) is 3.84. The topological polar surface area (TPSA) is 30.9 Å². The van der Waals surface area contributed by atoms with Gasteiger partial charge in [0.1, 0.15) is 0 Å². The van der Waals surface area contributed by atoms with E-state index in [4.69, 9.17) is 0 Å². The fraction of sp³-hybridized carbons (Fsp3) is 0.562. The molecule has 1 aromatic carbocycles. The number of aliphatic imine (C=N–C) groups is 1. The average Bonchev–Trinajstić information content (AvgIpc) is 2.90. The van der Waals surface area contributed by atoms with Crippen LogP contribution in [0, 0.1) is 0 Å². The molecule has 0 saturated carbocycles. The predicted octanol–water partition coefficient (Wildman–Crippen LogP) is 2.95. The third-order valence-electron chi connectivity index (χ3n) is 3.84. The Kier molecular flexibility index (Phi) is 8.28. The Morgan fingerprint density at radius 1 is 1.33 bits per heavy atom. The number of hydrogen-bond donors (Lipinski definition) is 1. The van der Waals surface area contributed by atoms with Crippen molar-refractivity contribution in [2.45, 2.75) is 25.2 Å². The molecule has 1 N–H and O–H groups in total. The van der Waals surface area contributed by atoms with Gasteiger partial charge < -0.3 is 10.2 Å². The van der Waals surface area contributed by atoms with E-state index in [1.165, 1.54) is 4.90 Å².